The molecule has 1 atom stereocenters. The van der Waals surface area contributed by atoms with Crippen LogP contribution in [0.2, 0.25) is 0 Å². The van der Waals surface area contributed by atoms with Gasteiger partial charge in [-0.25, -0.2) is 4.98 Å². The summed E-state index contributed by atoms with van der Waals surface area (Å²) in [5.41, 5.74) is 2.96. The number of hydrogen-bond donors (Lipinski definition) is 3. The Kier molecular flexibility index (Phi) is 6.96. The summed E-state index contributed by atoms with van der Waals surface area (Å²) in [7, 11) is 0. The fourth-order valence-electron chi connectivity index (χ4n) is 5.40. The van der Waals surface area contributed by atoms with Crippen molar-refractivity contribution in [3.8, 4) is 0 Å². The highest BCUT2D eigenvalue weighted by Gasteiger charge is 2.42. The largest absolute Gasteiger partial charge is 0.416 e. The van der Waals surface area contributed by atoms with Gasteiger partial charge in [0.25, 0.3) is 0 Å². The SMILES string of the molecule is CC1(C)CC(=O)C2=C(C1)Nc1ccccc1N(CC(=O)NCCc1cnc[nH]1)C2c1ccc(C(F)(F)F)cc1. The highest BCUT2D eigenvalue weighted by molar-refractivity contribution is 6.01. The lowest BCUT2D eigenvalue weighted by molar-refractivity contribution is -0.137. The van der Waals surface area contributed by atoms with Crippen molar-refractivity contribution in [1.82, 2.24) is 15.3 Å². The van der Waals surface area contributed by atoms with E-state index in [0.29, 0.717) is 42.6 Å². The first-order valence-corrected chi connectivity index (χ1v) is 12.8. The van der Waals surface area contributed by atoms with Crippen molar-refractivity contribution in [2.24, 2.45) is 5.41 Å². The summed E-state index contributed by atoms with van der Waals surface area (Å²) in [5, 5.41) is 6.36. The smallest absolute Gasteiger partial charge is 0.357 e. The molecule has 5 rings (SSSR count). The van der Waals surface area contributed by atoms with Crippen LogP contribution in [0, 0.1) is 5.41 Å². The number of fused-ring (bicyclic) bond motifs is 1. The van der Waals surface area contributed by atoms with Crippen LogP contribution in [-0.2, 0) is 22.2 Å². The number of carbonyl (C=O) groups excluding carboxylic acids is 2. The Morgan fingerprint density at radius 1 is 1.13 bits per heavy atom. The monoisotopic (exact) mass is 537 g/mol. The zero-order chi connectivity index (χ0) is 27.8. The second-order valence-corrected chi connectivity index (χ2v) is 10.8. The molecule has 1 unspecified atom stereocenters. The number of allylic oxidation sites excluding steroid dienone is 1. The number of aromatic amines is 1. The third-order valence-electron chi connectivity index (χ3n) is 7.14. The summed E-state index contributed by atoms with van der Waals surface area (Å²) in [5.74, 6) is -0.357. The number of alkyl halides is 3. The molecule has 0 spiro atoms. The van der Waals surface area contributed by atoms with Gasteiger partial charge in [-0.05, 0) is 41.7 Å². The maximum atomic E-state index is 13.7. The van der Waals surface area contributed by atoms with Crippen LogP contribution >= 0.6 is 0 Å². The number of anilines is 2. The maximum absolute atomic E-state index is 13.7. The van der Waals surface area contributed by atoms with Crippen LogP contribution in [0.25, 0.3) is 0 Å². The summed E-state index contributed by atoms with van der Waals surface area (Å²) in [6.07, 6.45) is 0.220. The molecule has 0 radical (unpaired) electrons. The van der Waals surface area contributed by atoms with Crippen molar-refractivity contribution in [2.75, 3.05) is 23.3 Å². The number of hydrogen-bond acceptors (Lipinski definition) is 5. The number of carbonyl (C=O) groups is 2. The molecule has 2 aromatic carbocycles. The van der Waals surface area contributed by atoms with E-state index in [1.54, 1.807) is 12.5 Å². The third kappa shape index (κ3) is 5.69. The average Bonchev–Trinajstić information content (AvgIpc) is 3.34. The lowest BCUT2D eigenvalue weighted by atomic mass is 9.73. The van der Waals surface area contributed by atoms with E-state index in [0.717, 1.165) is 29.2 Å². The van der Waals surface area contributed by atoms with E-state index in [1.165, 1.54) is 12.1 Å². The number of halogens is 3. The molecule has 1 amide bonds. The Hall–Kier alpha value is -4.08. The zero-order valence-corrected chi connectivity index (χ0v) is 21.7. The highest BCUT2D eigenvalue weighted by atomic mass is 19.4. The van der Waals surface area contributed by atoms with Crippen molar-refractivity contribution < 1.29 is 22.8 Å². The minimum absolute atomic E-state index is 0.0869. The van der Waals surface area contributed by atoms with Crippen LogP contribution in [0.1, 0.15) is 49.6 Å². The van der Waals surface area contributed by atoms with Crippen molar-refractivity contribution in [3.63, 3.8) is 0 Å². The number of benzene rings is 2. The molecule has 39 heavy (non-hydrogen) atoms. The molecule has 204 valence electrons. The number of aromatic nitrogens is 2. The first-order valence-electron chi connectivity index (χ1n) is 12.8. The molecule has 2 heterocycles. The van der Waals surface area contributed by atoms with Crippen LogP contribution in [0.15, 0.2) is 72.3 Å². The number of amides is 1. The second kappa shape index (κ2) is 10.2. The van der Waals surface area contributed by atoms with Gasteiger partial charge in [0.15, 0.2) is 5.78 Å². The number of imidazole rings is 1. The topological polar surface area (TPSA) is 90.1 Å². The molecule has 3 N–H and O–H groups in total. The van der Waals surface area contributed by atoms with Gasteiger partial charge in [-0.15, -0.1) is 0 Å². The van der Waals surface area contributed by atoms with E-state index >= 15 is 0 Å². The van der Waals surface area contributed by atoms with Crippen molar-refractivity contribution in [1.29, 1.82) is 0 Å². The van der Waals surface area contributed by atoms with Crippen molar-refractivity contribution in [3.05, 3.63) is 89.1 Å². The number of nitrogens with zero attached hydrogens (tertiary/aromatic N) is 2. The Morgan fingerprint density at radius 2 is 1.87 bits per heavy atom. The molecule has 10 heteroatoms. The lowest BCUT2D eigenvalue weighted by Crippen LogP contribution is -2.42. The summed E-state index contributed by atoms with van der Waals surface area (Å²) in [6.45, 7) is 4.32. The van der Waals surface area contributed by atoms with E-state index in [4.69, 9.17) is 0 Å². The summed E-state index contributed by atoms with van der Waals surface area (Å²) < 4.78 is 40.1. The van der Waals surface area contributed by atoms with Crippen LogP contribution in [0.5, 0.6) is 0 Å². The van der Waals surface area contributed by atoms with Gasteiger partial charge in [0, 0.05) is 42.5 Å². The Bertz CT molecular complexity index is 1400. The summed E-state index contributed by atoms with van der Waals surface area (Å²) in [6, 6.07) is 11.5. The van der Waals surface area contributed by atoms with Crippen molar-refractivity contribution in [2.45, 2.75) is 45.3 Å². The molecule has 0 saturated heterocycles. The molecule has 0 fully saturated rings. The summed E-state index contributed by atoms with van der Waals surface area (Å²) in [4.78, 5) is 35.7. The number of Topliss-reactive ketones (excluding diaryl/α,β-unsaturated/α-hetero) is 1. The van der Waals surface area contributed by atoms with Crippen LogP contribution in [0.4, 0.5) is 24.5 Å². The molecule has 1 aromatic heterocycles. The molecule has 3 aromatic rings. The lowest BCUT2D eigenvalue weighted by Gasteiger charge is -2.38. The van der Waals surface area contributed by atoms with Gasteiger partial charge in [0.1, 0.15) is 0 Å². The fraction of sp³-hybridized carbons (Fsp3) is 0.345. The van der Waals surface area contributed by atoms with Crippen LogP contribution in [0.3, 0.4) is 0 Å². The fourth-order valence-corrected chi connectivity index (χ4v) is 5.40. The molecular formula is C29H30F3N5O2. The van der Waals surface area contributed by atoms with Gasteiger partial charge in [0.05, 0.1) is 35.9 Å². The molecule has 7 nitrogen and oxygen atoms in total. The van der Waals surface area contributed by atoms with Crippen LogP contribution < -0.4 is 15.5 Å². The first kappa shape index (κ1) is 26.5. The van der Waals surface area contributed by atoms with E-state index in [-0.39, 0.29) is 23.7 Å². The number of para-hydroxylation sites is 2. The van der Waals surface area contributed by atoms with E-state index in [2.05, 4.69) is 20.6 Å². The van der Waals surface area contributed by atoms with Gasteiger partial charge in [-0.1, -0.05) is 38.1 Å². The number of ketones is 1. The summed E-state index contributed by atoms with van der Waals surface area (Å²) >= 11 is 0. The predicted octanol–water partition coefficient (Wildman–Crippen LogP) is 5.40. The normalized spacial score (nSPS) is 18.6. The minimum atomic E-state index is -4.49. The average molecular weight is 538 g/mol. The van der Waals surface area contributed by atoms with Gasteiger partial charge in [0.2, 0.25) is 5.91 Å². The Labute approximate surface area is 224 Å². The Morgan fingerprint density at radius 3 is 2.56 bits per heavy atom. The molecular weight excluding hydrogens is 507 g/mol. The van der Waals surface area contributed by atoms with Gasteiger partial charge in [-0.2, -0.15) is 13.2 Å². The minimum Gasteiger partial charge on any atom is -0.357 e. The first-order chi connectivity index (χ1) is 18.5. The highest BCUT2D eigenvalue weighted by Crippen LogP contribution is 2.48. The third-order valence-corrected chi connectivity index (χ3v) is 7.14. The molecule has 0 bridgehead atoms. The molecule has 0 saturated carbocycles. The maximum Gasteiger partial charge on any atom is 0.416 e. The second-order valence-electron chi connectivity index (χ2n) is 10.8. The van der Waals surface area contributed by atoms with Crippen molar-refractivity contribution >= 4 is 23.1 Å². The van der Waals surface area contributed by atoms with E-state index in [1.807, 2.05) is 43.0 Å². The van der Waals surface area contributed by atoms with Crippen LogP contribution in [-0.4, -0.2) is 34.7 Å². The molecule has 2 aliphatic rings. The number of nitrogens with one attached hydrogen (secondary N) is 3. The quantitative estimate of drug-likeness (QED) is 0.392. The van der Waals surface area contributed by atoms with Gasteiger partial charge < -0.3 is 20.5 Å². The van der Waals surface area contributed by atoms with E-state index in [9.17, 15) is 22.8 Å². The zero-order valence-electron chi connectivity index (χ0n) is 21.7. The Balaban J connectivity index is 1.56. The molecule has 1 aliphatic carbocycles. The van der Waals surface area contributed by atoms with Gasteiger partial charge >= 0.3 is 6.18 Å². The predicted molar refractivity (Wildman–Crippen MR) is 142 cm³/mol. The van der Waals surface area contributed by atoms with Gasteiger partial charge in [-0.3, -0.25) is 9.59 Å². The number of rotatable bonds is 6. The van der Waals surface area contributed by atoms with E-state index < -0.39 is 17.8 Å². The molecule has 1 aliphatic heterocycles. The standard InChI is InChI=1S/C29H30F3N5O2/c1-28(2)13-22-26(24(38)14-28)27(18-7-9-19(10-8-18)29(30,31)32)37(23-6-4-3-5-21(23)36-22)16-25(39)34-12-11-20-15-33-17-35-20/h3-10,15,17,27,36H,11-14,16H2,1-2H3,(H,33,35)(H,34,39). The number of H-pyrrole nitrogens is 1.